The van der Waals surface area contributed by atoms with Crippen LogP contribution in [0.5, 0.6) is 0 Å². The van der Waals surface area contributed by atoms with Crippen LogP contribution in [0.3, 0.4) is 0 Å². The summed E-state index contributed by atoms with van der Waals surface area (Å²) in [6.07, 6.45) is 1.70. The monoisotopic (exact) mass is 386 g/mol. The van der Waals surface area contributed by atoms with Gasteiger partial charge >= 0.3 is 0 Å². The standard InChI is InChI=1S/C17H14N4O3S2/c1-11-10-25-17(19-11)8-16(22)20-18-9-12-6-7-15(26-12)13-4-2-3-5-14(13)21(23)24/h2-7,9-10H,8H2,1H3,(H,20,22)/b18-9+. The van der Waals surface area contributed by atoms with Gasteiger partial charge in [-0.1, -0.05) is 12.1 Å². The minimum absolute atomic E-state index is 0.0601. The smallest absolute Gasteiger partial charge is 0.273 e. The Labute approximate surface area is 157 Å². The fraction of sp³-hybridized carbons (Fsp3) is 0.118. The lowest BCUT2D eigenvalue weighted by Crippen LogP contribution is -2.19. The zero-order chi connectivity index (χ0) is 18.5. The summed E-state index contributed by atoms with van der Waals surface area (Å²) < 4.78 is 0. The van der Waals surface area contributed by atoms with Crippen molar-refractivity contribution in [2.45, 2.75) is 13.3 Å². The van der Waals surface area contributed by atoms with Crippen molar-refractivity contribution >= 4 is 40.5 Å². The maximum absolute atomic E-state index is 11.8. The van der Waals surface area contributed by atoms with Gasteiger partial charge in [0, 0.05) is 26.9 Å². The molecule has 0 fully saturated rings. The quantitative estimate of drug-likeness (QED) is 0.396. The molecule has 0 spiro atoms. The molecule has 26 heavy (non-hydrogen) atoms. The number of carbonyl (C=O) groups excluding carboxylic acids is 1. The van der Waals surface area contributed by atoms with Crippen molar-refractivity contribution in [3.8, 4) is 10.4 Å². The van der Waals surface area contributed by atoms with Gasteiger partial charge in [-0.05, 0) is 25.1 Å². The largest absolute Gasteiger partial charge is 0.278 e. The Kier molecular flexibility index (Phi) is 5.49. The van der Waals surface area contributed by atoms with Crippen molar-refractivity contribution in [1.29, 1.82) is 0 Å². The van der Waals surface area contributed by atoms with E-state index in [9.17, 15) is 14.9 Å². The molecule has 2 heterocycles. The molecular formula is C17H14N4O3S2. The predicted octanol–water partition coefficient (Wildman–Crippen LogP) is 3.78. The van der Waals surface area contributed by atoms with Crippen LogP contribution in [0.1, 0.15) is 15.6 Å². The van der Waals surface area contributed by atoms with Gasteiger partial charge in [0.05, 0.1) is 23.1 Å². The molecule has 9 heteroatoms. The third kappa shape index (κ3) is 4.38. The number of aromatic nitrogens is 1. The normalized spacial score (nSPS) is 11.0. The molecule has 3 rings (SSSR count). The van der Waals surface area contributed by atoms with Crippen molar-refractivity contribution in [3.05, 3.63) is 67.5 Å². The number of hydrogen-bond acceptors (Lipinski definition) is 7. The van der Waals surface area contributed by atoms with E-state index in [2.05, 4.69) is 15.5 Å². The van der Waals surface area contributed by atoms with Crippen LogP contribution >= 0.6 is 22.7 Å². The van der Waals surface area contributed by atoms with Gasteiger partial charge in [0.2, 0.25) is 5.91 Å². The second-order valence-corrected chi connectivity index (χ2v) is 7.39. The number of hydrazone groups is 1. The molecule has 3 aromatic rings. The summed E-state index contributed by atoms with van der Waals surface area (Å²) in [7, 11) is 0. The zero-order valence-electron chi connectivity index (χ0n) is 13.7. The Balaban J connectivity index is 1.64. The Morgan fingerprint density at radius 2 is 2.15 bits per heavy atom. The van der Waals surface area contributed by atoms with E-state index in [0.29, 0.717) is 5.56 Å². The average molecular weight is 386 g/mol. The lowest BCUT2D eigenvalue weighted by molar-refractivity contribution is -0.384. The number of hydrogen-bond donors (Lipinski definition) is 1. The molecule has 0 aliphatic rings. The Morgan fingerprint density at radius 1 is 1.35 bits per heavy atom. The van der Waals surface area contributed by atoms with Crippen LogP contribution in [-0.2, 0) is 11.2 Å². The lowest BCUT2D eigenvalue weighted by atomic mass is 10.1. The molecule has 1 N–H and O–H groups in total. The number of rotatable bonds is 6. The fourth-order valence-corrected chi connectivity index (χ4v) is 3.92. The molecular weight excluding hydrogens is 372 g/mol. The molecule has 0 atom stereocenters. The van der Waals surface area contributed by atoms with Crippen LogP contribution in [0.15, 0.2) is 46.9 Å². The fourth-order valence-electron chi connectivity index (χ4n) is 2.24. The number of thiazole rings is 1. The number of para-hydroxylation sites is 1. The maximum Gasteiger partial charge on any atom is 0.278 e. The number of carbonyl (C=O) groups is 1. The van der Waals surface area contributed by atoms with Crippen LogP contribution in [0.2, 0.25) is 0 Å². The maximum atomic E-state index is 11.8. The molecule has 1 amide bonds. The first-order chi connectivity index (χ1) is 12.5. The topological polar surface area (TPSA) is 97.5 Å². The third-order valence-corrected chi connectivity index (χ3v) is 5.37. The second-order valence-electron chi connectivity index (χ2n) is 5.33. The van der Waals surface area contributed by atoms with Crippen molar-refractivity contribution in [2.24, 2.45) is 5.10 Å². The van der Waals surface area contributed by atoms with Crippen LogP contribution in [-0.4, -0.2) is 22.0 Å². The summed E-state index contributed by atoms with van der Waals surface area (Å²) in [5.41, 5.74) is 3.97. The Hall–Kier alpha value is -2.91. The van der Waals surface area contributed by atoms with Crippen LogP contribution in [0.4, 0.5) is 5.69 Å². The van der Waals surface area contributed by atoms with Crippen LogP contribution in [0, 0.1) is 17.0 Å². The summed E-state index contributed by atoms with van der Waals surface area (Å²) in [5, 5.41) is 17.7. The molecule has 2 aromatic heterocycles. The molecule has 0 unspecified atom stereocenters. The molecule has 0 radical (unpaired) electrons. The number of amides is 1. The van der Waals surface area contributed by atoms with E-state index < -0.39 is 4.92 Å². The molecule has 0 saturated heterocycles. The number of nitrogens with zero attached hydrogens (tertiary/aromatic N) is 3. The van der Waals surface area contributed by atoms with E-state index in [1.807, 2.05) is 12.3 Å². The van der Waals surface area contributed by atoms with Gasteiger partial charge in [0.1, 0.15) is 5.01 Å². The minimum Gasteiger partial charge on any atom is -0.273 e. The van der Waals surface area contributed by atoms with Gasteiger partial charge in [-0.25, -0.2) is 10.4 Å². The van der Waals surface area contributed by atoms with Crippen LogP contribution in [0.25, 0.3) is 10.4 Å². The van der Waals surface area contributed by atoms with E-state index in [4.69, 9.17) is 0 Å². The van der Waals surface area contributed by atoms with Gasteiger partial charge in [-0.3, -0.25) is 14.9 Å². The highest BCUT2D eigenvalue weighted by atomic mass is 32.1. The molecule has 7 nitrogen and oxygen atoms in total. The van der Waals surface area contributed by atoms with Gasteiger partial charge in [0.25, 0.3) is 5.69 Å². The number of nitro groups is 1. The predicted molar refractivity (Wildman–Crippen MR) is 103 cm³/mol. The van der Waals surface area contributed by atoms with Crippen molar-refractivity contribution < 1.29 is 9.72 Å². The molecule has 0 bridgehead atoms. The Bertz CT molecular complexity index is 978. The summed E-state index contributed by atoms with van der Waals surface area (Å²) >= 11 is 2.80. The van der Waals surface area contributed by atoms with Crippen molar-refractivity contribution in [3.63, 3.8) is 0 Å². The van der Waals surface area contributed by atoms with E-state index in [1.165, 1.54) is 35.0 Å². The third-order valence-electron chi connectivity index (χ3n) is 3.35. The minimum atomic E-state index is -0.399. The van der Waals surface area contributed by atoms with Crippen molar-refractivity contribution in [1.82, 2.24) is 10.4 Å². The van der Waals surface area contributed by atoms with E-state index >= 15 is 0 Å². The molecule has 1 aromatic carbocycles. The van der Waals surface area contributed by atoms with Gasteiger partial charge < -0.3 is 0 Å². The highest BCUT2D eigenvalue weighted by Gasteiger charge is 2.15. The van der Waals surface area contributed by atoms with E-state index in [1.54, 1.807) is 30.3 Å². The summed E-state index contributed by atoms with van der Waals surface area (Å²) in [4.78, 5) is 28.3. The second kappa shape index (κ2) is 7.98. The highest BCUT2D eigenvalue weighted by molar-refractivity contribution is 7.17. The molecule has 132 valence electrons. The summed E-state index contributed by atoms with van der Waals surface area (Å²) in [6.45, 7) is 1.88. The summed E-state index contributed by atoms with van der Waals surface area (Å²) in [5.74, 6) is -0.244. The van der Waals surface area contributed by atoms with E-state index in [0.717, 1.165) is 20.5 Å². The highest BCUT2D eigenvalue weighted by Crippen LogP contribution is 2.34. The van der Waals surface area contributed by atoms with Gasteiger partial charge in [-0.15, -0.1) is 22.7 Å². The molecule has 0 saturated carbocycles. The first-order valence-electron chi connectivity index (χ1n) is 7.59. The first kappa shape index (κ1) is 17.9. The number of thiophene rings is 1. The van der Waals surface area contributed by atoms with Crippen molar-refractivity contribution in [2.75, 3.05) is 0 Å². The number of aryl methyl sites for hydroxylation is 1. The van der Waals surface area contributed by atoms with Gasteiger partial charge in [0.15, 0.2) is 0 Å². The molecule has 0 aliphatic heterocycles. The average Bonchev–Trinajstić information content (AvgIpc) is 3.24. The van der Waals surface area contributed by atoms with E-state index in [-0.39, 0.29) is 18.0 Å². The first-order valence-corrected chi connectivity index (χ1v) is 9.29. The SMILES string of the molecule is Cc1csc(CC(=O)N/N=C/c2ccc(-c3ccccc3[N+](=O)[O-])s2)n1. The van der Waals surface area contributed by atoms with Gasteiger partial charge in [-0.2, -0.15) is 5.10 Å². The Morgan fingerprint density at radius 3 is 2.88 bits per heavy atom. The number of nitro benzene ring substituents is 1. The lowest BCUT2D eigenvalue weighted by Gasteiger charge is -1.98. The van der Waals surface area contributed by atoms with Crippen LogP contribution < -0.4 is 5.43 Å². The number of benzene rings is 1. The summed E-state index contributed by atoms with van der Waals surface area (Å²) in [6, 6.07) is 10.2. The zero-order valence-corrected chi connectivity index (χ0v) is 15.3. The molecule has 0 aliphatic carbocycles. The number of nitrogens with one attached hydrogen (secondary N) is 1.